The molecular formula is C26H28N2O5. The van der Waals surface area contributed by atoms with Crippen LogP contribution in [0.2, 0.25) is 0 Å². The van der Waals surface area contributed by atoms with Gasteiger partial charge in [-0.3, -0.25) is 14.9 Å². The Morgan fingerprint density at radius 3 is 2.27 bits per heavy atom. The summed E-state index contributed by atoms with van der Waals surface area (Å²) in [7, 11) is 1.54. The molecule has 0 aromatic heterocycles. The number of nitro groups is 1. The third-order valence-corrected chi connectivity index (χ3v) is 5.37. The van der Waals surface area contributed by atoms with Crippen molar-refractivity contribution in [3.63, 3.8) is 0 Å². The molecule has 0 saturated heterocycles. The van der Waals surface area contributed by atoms with Gasteiger partial charge in [-0.15, -0.1) is 0 Å². The Labute approximate surface area is 193 Å². The number of carbonyl (C=O) groups excluding carboxylic acids is 1. The van der Waals surface area contributed by atoms with Gasteiger partial charge in [0.15, 0.2) is 11.5 Å². The second-order valence-corrected chi connectivity index (χ2v) is 7.80. The highest BCUT2D eigenvalue weighted by atomic mass is 16.6. The molecule has 0 bridgehead atoms. The van der Waals surface area contributed by atoms with Crippen LogP contribution in [0, 0.1) is 10.1 Å². The van der Waals surface area contributed by atoms with Crippen LogP contribution < -0.4 is 14.8 Å². The third-order valence-electron chi connectivity index (χ3n) is 5.37. The maximum absolute atomic E-state index is 12.7. The molecule has 2 atom stereocenters. The first-order valence-electron chi connectivity index (χ1n) is 10.8. The predicted octanol–water partition coefficient (Wildman–Crippen LogP) is 4.90. The molecule has 0 spiro atoms. The molecule has 0 saturated carbocycles. The average Bonchev–Trinajstić information content (AvgIpc) is 2.83. The maximum atomic E-state index is 12.7. The molecule has 172 valence electrons. The van der Waals surface area contributed by atoms with E-state index < -0.39 is 10.8 Å². The lowest BCUT2D eigenvalue weighted by Crippen LogP contribution is -2.29. The molecule has 1 amide bonds. The summed E-state index contributed by atoms with van der Waals surface area (Å²) in [5.41, 5.74) is 2.61. The maximum Gasteiger partial charge on any atom is 0.221 e. The fraction of sp³-hybridized carbons (Fsp3) is 0.269. The third kappa shape index (κ3) is 7.07. The Hall–Kier alpha value is -3.87. The second kappa shape index (κ2) is 11.7. The zero-order chi connectivity index (χ0) is 23.6. The van der Waals surface area contributed by atoms with Gasteiger partial charge in [0, 0.05) is 11.3 Å². The van der Waals surface area contributed by atoms with Crippen LogP contribution >= 0.6 is 0 Å². The Balaban J connectivity index is 1.75. The smallest absolute Gasteiger partial charge is 0.221 e. The zero-order valence-electron chi connectivity index (χ0n) is 18.8. The van der Waals surface area contributed by atoms with E-state index in [0.29, 0.717) is 23.7 Å². The molecule has 1 N–H and O–H groups in total. The monoisotopic (exact) mass is 448 g/mol. The summed E-state index contributed by atoms with van der Waals surface area (Å²) < 4.78 is 11.3. The van der Waals surface area contributed by atoms with Crippen molar-refractivity contribution in [1.82, 2.24) is 5.32 Å². The van der Waals surface area contributed by atoms with E-state index in [0.717, 1.165) is 11.1 Å². The van der Waals surface area contributed by atoms with E-state index >= 15 is 0 Å². The van der Waals surface area contributed by atoms with E-state index in [2.05, 4.69) is 5.32 Å². The lowest BCUT2D eigenvalue weighted by molar-refractivity contribution is -0.483. The summed E-state index contributed by atoms with van der Waals surface area (Å²) >= 11 is 0. The minimum atomic E-state index is -0.604. The van der Waals surface area contributed by atoms with Crippen molar-refractivity contribution in [2.45, 2.75) is 31.9 Å². The molecule has 3 aromatic rings. The summed E-state index contributed by atoms with van der Waals surface area (Å²) in [6.07, 6.45) is -0.0113. The number of hydrogen-bond donors (Lipinski definition) is 1. The van der Waals surface area contributed by atoms with Crippen molar-refractivity contribution in [2.24, 2.45) is 0 Å². The highest BCUT2D eigenvalue weighted by Gasteiger charge is 2.24. The van der Waals surface area contributed by atoms with Gasteiger partial charge in [-0.05, 0) is 35.7 Å². The summed E-state index contributed by atoms with van der Waals surface area (Å²) in [5.74, 6) is 0.149. The predicted molar refractivity (Wildman–Crippen MR) is 126 cm³/mol. The Kier molecular flexibility index (Phi) is 8.41. The summed E-state index contributed by atoms with van der Waals surface area (Å²) in [6.45, 7) is 1.85. The van der Waals surface area contributed by atoms with Gasteiger partial charge in [0.1, 0.15) is 6.61 Å². The standard InChI is InChI=1S/C26H28N2O5/c1-19(21-11-7-4-8-12-21)27-26(29)16-23(17-28(30)31)22-13-14-24(32-2)25(15-22)33-18-20-9-5-3-6-10-20/h3-15,19,23H,16-18H2,1-2H3,(H,27,29)/t19-,23+/m0/s1. The van der Waals surface area contributed by atoms with Crippen LogP contribution in [0.1, 0.15) is 42.0 Å². The van der Waals surface area contributed by atoms with Crippen LogP contribution in [-0.2, 0) is 11.4 Å². The Bertz CT molecular complexity index is 1060. The number of carbonyl (C=O) groups is 1. The topological polar surface area (TPSA) is 90.7 Å². The molecule has 0 aliphatic rings. The Morgan fingerprint density at radius 2 is 1.64 bits per heavy atom. The summed E-state index contributed by atoms with van der Waals surface area (Å²) in [5, 5.41) is 14.3. The van der Waals surface area contributed by atoms with Gasteiger partial charge in [0.25, 0.3) is 0 Å². The van der Waals surface area contributed by atoms with Gasteiger partial charge in [-0.2, -0.15) is 0 Å². The van der Waals surface area contributed by atoms with Gasteiger partial charge in [-0.1, -0.05) is 66.7 Å². The van der Waals surface area contributed by atoms with Gasteiger partial charge < -0.3 is 14.8 Å². The molecule has 7 nitrogen and oxygen atoms in total. The first-order chi connectivity index (χ1) is 16.0. The fourth-order valence-electron chi connectivity index (χ4n) is 3.61. The van der Waals surface area contributed by atoms with Crippen LogP contribution in [0.5, 0.6) is 11.5 Å². The number of nitrogens with zero attached hydrogens (tertiary/aromatic N) is 1. The summed E-state index contributed by atoms with van der Waals surface area (Å²) in [6, 6.07) is 24.2. The summed E-state index contributed by atoms with van der Waals surface area (Å²) in [4.78, 5) is 23.7. The first kappa shape index (κ1) is 23.8. The van der Waals surface area contributed by atoms with Crippen LogP contribution in [0.3, 0.4) is 0 Å². The number of nitrogens with one attached hydrogen (secondary N) is 1. The van der Waals surface area contributed by atoms with Crippen LogP contribution in [0.4, 0.5) is 0 Å². The molecule has 7 heteroatoms. The normalized spacial score (nSPS) is 12.4. The molecular weight excluding hydrogens is 420 g/mol. The van der Waals surface area contributed by atoms with E-state index in [4.69, 9.17) is 9.47 Å². The molecule has 0 radical (unpaired) electrons. The largest absolute Gasteiger partial charge is 0.493 e. The lowest BCUT2D eigenvalue weighted by atomic mass is 9.94. The first-order valence-corrected chi connectivity index (χ1v) is 10.8. The number of ether oxygens (including phenoxy) is 2. The molecule has 0 unspecified atom stereocenters. The van der Waals surface area contributed by atoms with Gasteiger partial charge in [0.05, 0.1) is 19.1 Å². The van der Waals surface area contributed by atoms with Crippen molar-refractivity contribution in [1.29, 1.82) is 0 Å². The van der Waals surface area contributed by atoms with Crippen molar-refractivity contribution < 1.29 is 19.2 Å². The highest BCUT2D eigenvalue weighted by Crippen LogP contribution is 2.33. The van der Waals surface area contributed by atoms with Crippen LogP contribution in [0.25, 0.3) is 0 Å². The fourth-order valence-corrected chi connectivity index (χ4v) is 3.61. The lowest BCUT2D eigenvalue weighted by Gasteiger charge is -2.19. The van der Waals surface area contributed by atoms with Gasteiger partial charge in [-0.25, -0.2) is 0 Å². The molecule has 3 rings (SSSR count). The average molecular weight is 449 g/mol. The quantitative estimate of drug-likeness (QED) is 0.333. The van der Waals surface area contributed by atoms with E-state index in [1.807, 2.05) is 67.6 Å². The van der Waals surface area contributed by atoms with Crippen molar-refractivity contribution in [3.8, 4) is 11.5 Å². The number of hydrogen-bond acceptors (Lipinski definition) is 5. The van der Waals surface area contributed by atoms with Crippen LogP contribution in [0.15, 0.2) is 78.9 Å². The zero-order valence-corrected chi connectivity index (χ0v) is 18.8. The van der Waals surface area contributed by atoms with E-state index in [9.17, 15) is 14.9 Å². The Morgan fingerprint density at radius 1 is 0.970 bits per heavy atom. The van der Waals surface area contributed by atoms with Crippen molar-refractivity contribution in [2.75, 3.05) is 13.7 Å². The van der Waals surface area contributed by atoms with Crippen molar-refractivity contribution in [3.05, 3.63) is 106 Å². The minimum absolute atomic E-state index is 0.0113. The van der Waals surface area contributed by atoms with Crippen LogP contribution in [-0.4, -0.2) is 24.5 Å². The van der Waals surface area contributed by atoms with Crippen molar-refractivity contribution >= 4 is 5.91 Å². The van der Waals surface area contributed by atoms with E-state index in [1.54, 1.807) is 18.2 Å². The highest BCUT2D eigenvalue weighted by molar-refractivity contribution is 5.77. The van der Waals surface area contributed by atoms with E-state index in [-0.39, 0.29) is 24.9 Å². The number of rotatable bonds is 11. The SMILES string of the molecule is COc1ccc([C@H](CC(=O)N[C@@H](C)c2ccccc2)C[N+](=O)[O-])cc1OCc1ccccc1. The molecule has 3 aromatic carbocycles. The van der Waals surface area contributed by atoms with E-state index in [1.165, 1.54) is 7.11 Å². The number of methoxy groups -OCH3 is 1. The molecule has 0 fully saturated rings. The molecule has 0 aliphatic carbocycles. The molecule has 33 heavy (non-hydrogen) atoms. The number of amides is 1. The van der Waals surface area contributed by atoms with Gasteiger partial charge in [0.2, 0.25) is 12.5 Å². The minimum Gasteiger partial charge on any atom is -0.493 e. The molecule has 0 aliphatic heterocycles. The number of benzene rings is 3. The second-order valence-electron chi connectivity index (χ2n) is 7.80. The molecule has 0 heterocycles. The van der Waals surface area contributed by atoms with Gasteiger partial charge >= 0.3 is 0 Å².